The Morgan fingerprint density at radius 3 is 2.75 bits per heavy atom. The predicted octanol–water partition coefficient (Wildman–Crippen LogP) is 4.23. The van der Waals surface area contributed by atoms with Gasteiger partial charge in [-0.05, 0) is 54.8 Å². The first-order valence-electron chi connectivity index (χ1n) is 7.94. The van der Waals surface area contributed by atoms with Crippen molar-refractivity contribution >= 4 is 27.5 Å². The molecule has 0 aliphatic carbocycles. The quantitative estimate of drug-likeness (QED) is 0.666. The summed E-state index contributed by atoms with van der Waals surface area (Å²) in [7, 11) is 0. The maximum atomic E-state index is 12.9. The molecule has 4 rings (SSSR count). The van der Waals surface area contributed by atoms with E-state index < -0.39 is 0 Å². The number of rotatable bonds is 2. The normalized spacial score (nSPS) is 13.6. The van der Waals surface area contributed by atoms with Crippen LogP contribution in [-0.2, 0) is 6.42 Å². The highest BCUT2D eigenvalue weighted by Crippen LogP contribution is 2.30. The van der Waals surface area contributed by atoms with Crippen LogP contribution >= 0.6 is 15.9 Å². The zero-order valence-corrected chi connectivity index (χ0v) is 14.6. The van der Waals surface area contributed by atoms with Gasteiger partial charge in [-0.3, -0.25) is 4.79 Å². The number of fused-ring (bicyclic) bond motifs is 1. The Labute approximate surface area is 148 Å². The van der Waals surface area contributed by atoms with E-state index in [2.05, 4.69) is 27.1 Å². The molecule has 24 heavy (non-hydrogen) atoms. The van der Waals surface area contributed by atoms with Gasteiger partial charge in [-0.2, -0.15) is 5.10 Å². The van der Waals surface area contributed by atoms with E-state index in [-0.39, 0.29) is 5.91 Å². The predicted molar refractivity (Wildman–Crippen MR) is 97.7 cm³/mol. The van der Waals surface area contributed by atoms with Crippen LogP contribution in [0, 0.1) is 0 Å². The van der Waals surface area contributed by atoms with Gasteiger partial charge in [0, 0.05) is 22.9 Å². The fourth-order valence-corrected chi connectivity index (χ4v) is 3.49. The molecule has 3 aromatic rings. The van der Waals surface area contributed by atoms with Crippen molar-refractivity contribution < 1.29 is 4.79 Å². The van der Waals surface area contributed by atoms with E-state index in [9.17, 15) is 4.79 Å². The van der Waals surface area contributed by atoms with Crippen LogP contribution in [0.1, 0.15) is 22.5 Å². The van der Waals surface area contributed by atoms with Gasteiger partial charge in [-0.15, -0.1) is 0 Å². The van der Waals surface area contributed by atoms with Gasteiger partial charge in [-0.1, -0.05) is 34.1 Å². The Morgan fingerprint density at radius 2 is 1.92 bits per heavy atom. The van der Waals surface area contributed by atoms with Crippen molar-refractivity contribution in [2.75, 3.05) is 11.4 Å². The molecule has 2 aromatic carbocycles. The van der Waals surface area contributed by atoms with Crippen molar-refractivity contribution in [3.63, 3.8) is 0 Å². The topological polar surface area (TPSA) is 38.1 Å². The van der Waals surface area contributed by atoms with Crippen LogP contribution < -0.4 is 4.90 Å². The Bertz CT molecular complexity index is 889. The molecule has 0 unspecified atom stereocenters. The summed E-state index contributed by atoms with van der Waals surface area (Å²) in [5.41, 5.74) is 3.60. The molecule has 0 saturated heterocycles. The third-order valence-corrected chi connectivity index (χ3v) is 4.73. The zero-order chi connectivity index (χ0) is 16.5. The number of aryl methyl sites for hydroxylation is 1. The lowest BCUT2D eigenvalue weighted by atomic mass is 10.0. The van der Waals surface area contributed by atoms with Crippen molar-refractivity contribution in [1.82, 2.24) is 9.78 Å². The van der Waals surface area contributed by atoms with E-state index >= 15 is 0 Å². The maximum Gasteiger partial charge on any atom is 0.278 e. The van der Waals surface area contributed by atoms with Gasteiger partial charge in [0.2, 0.25) is 0 Å². The van der Waals surface area contributed by atoms with E-state index in [4.69, 9.17) is 0 Å². The highest BCUT2D eigenvalue weighted by Gasteiger charge is 2.25. The summed E-state index contributed by atoms with van der Waals surface area (Å²) < 4.78 is 2.78. The highest BCUT2D eigenvalue weighted by atomic mass is 79.9. The lowest BCUT2D eigenvalue weighted by Gasteiger charge is -2.29. The third-order valence-electron chi connectivity index (χ3n) is 4.23. The minimum atomic E-state index is -0.0482. The van der Waals surface area contributed by atoms with Crippen LogP contribution in [0.2, 0.25) is 0 Å². The molecule has 0 radical (unpaired) electrons. The smallest absolute Gasteiger partial charge is 0.278 e. The van der Waals surface area contributed by atoms with E-state index in [0.29, 0.717) is 5.69 Å². The summed E-state index contributed by atoms with van der Waals surface area (Å²) in [6, 6.07) is 17.7. The molecule has 120 valence electrons. The van der Waals surface area contributed by atoms with Crippen molar-refractivity contribution in [3.8, 4) is 5.69 Å². The maximum absolute atomic E-state index is 12.9. The molecule has 0 bridgehead atoms. The van der Waals surface area contributed by atoms with Crippen molar-refractivity contribution in [2.45, 2.75) is 12.8 Å². The Hall–Kier alpha value is -2.40. The van der Waals surface area contributed by atoms with Gasteiger partial charge >= 0.3 is 0 Å². The SMILES string of the molecule is O=C(c1ccn(-c2ccccc2)n1)N1CCCc2cc(Br)ccc21. The molecule has 1 aliphatic rings. The van der Waals surface area contributed by atoms with Crippen LogP contribution in [0.5, 0.6) is 0 Å². The van der Waals surface area contributed by atoms with Gasteiger partial charge < -0.3 is 4.90 Å². The Balaban J connectivity index is 1.65. The molecule has 1 amide bonds. The number of nitrogens with zero attached hydrogens (tertiary/aromatic N) is 3. The second kappa shape index (κ2) is 6.24. The first-order chi connectivity index (χ1) is 11.7. The molecule has 4 nitrogen and oxygen atoms in total. The molecule has 0 spiro atoms. The number of amides is 1. The zero-order valence-electron chi connectivity index (χ0n) is 13.0. The monoisotopic (exact) mass is 381 g/mol. The van der Waals surface area contributed by atoms with Crippen LogP contribution in [0.3, 0.4) is 0 Å². The fourth-order valence-electron chi connectivity index (χ4n) is 3.08. The summed E-state index contributed by atoms with van der Waals surface area (Å²) in [5.74, 6) is -0.0482. The number of para-hydroxylation sites is 1. The number of hydrogen-bond donors (Lipinski definition) is 0. The fraction of sp³-hybridized carbons (Fsp3) is 0.158. The molecule has 0 N–H and O–H groups in total. The van der Waals surface area contributed by atoms with E-state index in [1.807, 2.05) is 53.6 Å². The standard InChI is InChI=1S/C19H16BrN3O/c20-15-8-9-18-14(13-15)5-4-11-22(18)19(24)17-10-12-23(21-17)16-6-2-1-3-7-16/h1-3,6-10,12-13H,4-5,11H2. The summed E-state index contributed by atoms with van der Waals surface area (Å²) in [6.45, 7) is 0.728. The van der Waals surface area contributed by atoms with E-state index in [1.165, 1.54) is 5.56 Å². The summed E-state index contributed by atoms with van der Waals surface area (Å²) in [5, 5.41) is 4.46. The average molecular weight is 382 g/mol. The Kier molecular flexibility index (Phi) is 3.94. The number of benzene rings is 2. The van der Waals surface area contributed by atoms with Crippen molar-refractivity contribution in [3.05, 3.63) is 76.5 Å². The van der Waals surface area contributed by atoms with Crippen molar-refractivity contribution in [2.24, 2.45) is 0 Å². The summed E-state index contributed by atoms with van der Waals surface area (Å²) in [6.07, 6.45) is 3.79. The van der Waals surface area contributed by atoms with E-state index in [0.717, 1.165) is 35.2 Å². The summed E-state index contributed by atoms with van der Waals surface area (Å²) >= 11 is 3.50. The number of aromatic nitrogens is 2. The molecule has 0 atom stereocenters. The molecule has 5 heteroatoms. The molecular weight excluding hydrogens is 366 g/mol. The van der Waals surface area contributed by atoms with Gasteiger partial charge in [0.1, 0.15) is 0 Å². The van der Waals surface area contributed by atoms with Gasteiger partial charge in [0.25, 0.3) is 5.91 Å². The Morgan fingerprint density at radius 1 is 1.08 bits per heavy atom. The molecule has 0 saturated carbocycles. The lowest BCUT2D eigenvalue weighted by molar-refractivity contribution is 0.0980. The molecule has 1 aliphatic heterocycles. The molecule has 2 heterocycles. The van der Waals surface area contributed by atoms with Gasteiger partial charge in [0.15, 0.2) is 5.69 Å². The average Bonchev–Trinajstić information content (AvgIpc) is 3.11. The molecule has 1 aromatic heterocycles. The number of anilines is 1. The van der Waals surface area contributed by atoms with Crippen molar-refractivity contribution in [1.29, 1.82) is 0 Å². The lowest BCUT2D eigenvalue weighted by Crippen LogP contribution is -2.35. The second-order valence-corrected chi connectivity index (χ2v) is 6.73. The summed E-state index contributed by atoms with van der Waals surface area (Å²) in [4.78, 5) is 14.8. The minimum Gasteiger partial charge on any atom is -0.307 e. The van der Waals surface area contributed by atoms with Crippen LogP contribution in [-0.4, -0.2) is 22.2 Å². The van der Waals surface area contributed by atoms with E-state index in [1.54, 1.807) is 10.7 Å². The third kappa shape index (κ3) is 2.76. The first-order valence-corrected chi connectivity index (χ1v) is 8.73. The first kappa shape index (κ1) is 15.1. The molecule has 0 fully saturated rings. The second-order valence-electron chi connectivity index (χ2n) is 5.81. The van der Waals surface area contributed by atoms with Crippen LogP contribution in [0.4, 0.5) is 5.69 Å². The molecular formula is C19H16BrN3O. The van der Waals surface area contributed by atoms with Crippen LogP contribution in [0.25, 0.3) is 5.69 Å². The minimum absolute atomic E-state index is 0.0482. The largest absolute Gasteiger partial charge is 0.307 e. The van der Waals surface area contributed by atoms with Gasteiger partial charge in [0.05, 0.1) is 5.69 Å². The van der Waals surface area contributed by atoms with Gasteiger partial charge in [-0.25, -0.2) is 4.68 Å². The van der Waals surface area contributed by atoms with Crippen LogP contribution in [0.15, 0.2) is 65.3 Å². The number of halogens is 1. The number of carbonyl (C=O) groups is 1. The number of hydrogen-bond acceptors (Lipinski definition) is 2. The number of carbonyl (C=O) groups excluding carboxylic acids is 1. The highest BCUT2D eigenvalue weighted by molar-refractivity contribution is 9.10.